The van der Waals surface area contributed by atoms with E-state index in [1.54, 1.807) is 43.5 Å². The summed E-state index contributed by atoms with van der Waals surface area (Å²) in [6, 6.07) is 10.5. The van der Waals surface area contributed by atoms with Crippen molar-refractivity contribution in [3.8, 4) is 5.75 Å². The first kappa shape index (κ1) is 19.2. The van der Waals surface area contributed by atoms with Crippen molar-refractivity contribution >= 4 is 54.9 Å². The van der Waals surface area contributed by atoms with Gasteiger partial charge in [-0.15, -0.1) is 0 Å². The van der Waals surface area contributed by atoms with Gasteiger partial charge in [-0.1, -0.05) is 15.9 Å². The molecule has 138 valence electrons. The van der Waals surface area contributed by atoms with Crippen LogP contribution >= 0.6 is 31.9 Å². The van der Waals surface area contributed by atoms with E-state index in [1.165, 1.54) is 4.68 Å². The van der Waals surface area contributed by atoms with E-state index < -0.39 is 5.91 Å². The molecule has 0 radical (unpaired) electrons. The van der Waals surface area contributed by atoms with E-state index in [0.29, 0.717) is 26.9 Å². The molecule has 1 heterocycles. The topological polar surface area (TPSA) is 99.6 Å². The molecule has 0 atom stereocenters. The van der Waals surface area contributed by atoms with Crippen molar-refractivity contribution in [1.82, 2.24) is 9.66 Å². The highest BCUT2D eigenvalue weighted by atomic mass is 79.9. The molecule has 1 amide bonds. The molecule has 0 saturated heterocycles. The van der Waals surface area contributed by atoms with Crippen molar-refractivity contribution in [2.45, 2.75) is 6.92 Å². The normalized spacial score (nSPS) is 11.2. The standard InChI is InChI=1S/C18H14Br2N4O3/c1-10-23-15-4-3-12(19)7-13(15)18(26)24(10)22-8-11-2-5-16(14(20)6-11)27-9-17(21)25/h2-8H,9H2,1H3,(H2,21,25). The highest BCUT2D eigenvalue weighted by Crippen LogP contribution is 2.25. The predicted octanol–water partition coefficient (Wildman–Crippen LogP) is 2.98. The Morgan fingerprint density at radius 2 is 2.07 bits per heavy atom. The monoisotopic (exact) mass is 492 g/mol. The van der Waals surface area contributed by atoms with Crippen molar-refractivity contribution in [1.29, 1.82) is 0 Å². The summed E-state index contributed by atoms with van der Waals surface area (Å²) in [5.74, 6) is 0.404. The lowest BCUT2D eigenvalue weighted by molar-refractivity contribution is -0.119. The van der Waals surface area contributed by atoms with Crippen LogP contribution in [0.25, 0.3) is 10.9 Å². The molecule has 0 saturated carbocycles. The Balaban J connectivity index is 1.93. The average Bonchev–Trinajstić information content (AvgIpc) is 2.61. The minimum absolute atomic E-state index is 0.209. The Morgan fingerprint density at radius 1 is 1.30 bits per heavy atom. The molecule has 0 aliphatic heterocycles. The molecule has 9 heteroatoms. The number of primary amides is 1. The summed E-state index contributed by atoms with van der Waals surface area (Å²) >= 11 is 6.73. The number of aromatic nitrogens is 2. The molecule has 1 aromatic heterocycles. The number of fused-ring (bicyclic) bond motifs is 1. The smallest absolute Gasteiger partial charge is 0.282 e. The maximum Gasteiger partial charge on any atom is 0.282 e. The highest BCUT2D eigenvalue weighted by Gasteiger charge is 2.08. The second-order valence-corrected chi connectivity index (χ2v) is 7.40. The summed E-state index contributed by atoms with van der Waals surface area (Å²) in [5.41, 5.74) is 6.16. The van der Waals surface area contributed by atoms with Gasteiger partial charge in [-0.3, -0.25) is 9.59 Å². The van der Waals surface area contributed by atoms with Crippen LogP contribution in [0.3, 0.4) is 0 Å². The number of nitrogens with zero attached hydrogens (tertiary/aromatic N) is 3. The van der Waals surface area contributed by atoms with E-state index >= 15 is 0 Å². The number of ether oxygens (including phenoxy) is 1. The number of hydrogen-bond donors (Lipinski definition) is 1. The molecule has 0 aliphatic rings. The Kier molecular flexibility index (Phi) is 5.71. The zero-order valence-electron chi connectivity index (χ0n) is 14.1. The van der Waals surface area contributed by atoms with Gasteiger partial charge in [-0.2, -0.15) is 9.78 Å². The van der Waals surface area contributed by atoms with Gasteiger partial charge in [-0.05, 0) is 64.8 Å². The molecule has 2 aromatic carbocycles. The minimum Gasteiger partial charge on any atom is -0.483 e. The van der Waals surface area contributed by atoms with Gasteiger partial charge in [-0.25, -0.2) is 4.98 Å². The third kappa shape index (κ3) is 4.42. The lowest BCUT2D eigenvalue weighted by atomic mass is 10.2. The summed E-state index contributed by atoms with van der Waals surface area (Å²) in [7, 11) is 0. The van der Waals surface area contributed by atoms with Gasteiger partial charge in [0.05, 0.1) is 21.6 Å². The SMILES string of the molecule is Cc1nc2ccc(Br)cc2c(=O)n1N=Cc1ccc(OCC(N)=O)c(Br)c1. The van der Waals surface area contributed by atoms with Crippen LogP contribution in [0, 0.1) is 6.92 Å². The number of nitrogens with two attached hydrogens (primary N) is 1. The largest absolute Gasteiger partial charge is 0.483 e. The molecular weight excluding hydrogens is 480 g/mol. The third-order valence-electron chi connectivity index (χ3n) is 3.62. The first-order valence-corrected chi connectivity index (χ1v) is 9.37. The third-order valence-corrected chi connectivity index (χ3v) is 4.73. The van der Waals surface area contributed by atoms with Gasteiger partial charge >= 0.3 is 0 Å². The number of benzene rings is 2. The van der Waals surface area contributed by atoms with E-state index in [0.717, 1.165) is 10.0 Å². The molecule has 27 heavy (non-hydrogen) atoms. The fourth-order valence-electron chi connectivity index (χ4n) is 2.38. The molecule has 0 bridgehead atoms. The van der Waals surface area contributed by atoms with Gasteiger partial charge in [0.2, 0.25) is 0 Å². The van der Waals surface area contributed by atoms with E-state index in [9.17, 15) is 9.59 Å². The number of halogens is 2. The zero-order valence-corrected chi connectivity index (χ0v) is 17.3. The van der Waals surface area contributed by atoms with Gasteiger partial charge < -0.3 is 10.5 Å². The summed E-state index contributed by atoms with van der Waals surface area (Å²) in [4.78, 5) is 27.9. The summed E-state index contributed by atoms with van der Waals surface area (Å²) < 4.78 is 7.96. The van der Waals surface area contributed by atoms with E-state index in [4.69, 9.17) is 10.5 Å². The maximum absolute atomic E-state index is 12.7. The fraction of sp³-hybridized carbons (Fsp3) is 0.111. The number of amides is 1. The van der Waals surface area contributed by atoms with Crippen LogP contribution in [0.15, 0.2) is 55.2 Å². The predicted molar refractivity (Wildman–Crippen MR) is 110 cm³/mol. The lowest BCUT2D eigenvalue weighted by Crippen LogP contribution is -2.20. The Labute approximate surface area is 171 Å². The quantitative estimate of drug-likeness (QED) is 0.552. The number of carbonyl (C=O) groups excluding carboxylic acids is 1. The van der Waals surface area contributed by atoms with Crippen LogP contribution in [0.5, 0.6) is 5.75 Å². The fourth-order valence-corrected chi connectivity index (χ4v) is 3.26. The average molecular weight is 494 g/mol. The van der Waals surface area contributed by atoms with Gasteiger partial charge in [0, 0.05) is 4.47 Å². The minimum atomic E-state index is -0.558. The maximum atomic E-state index is 12.7. The van der Waals surface area contributed by atoms with Crippen molar-refractivity contribution in [2.24, 2.45) is 10.8 Å². The molecule has 0 spiro atoms. The second-order valence-electron chi connectivity index (χ2n) is 5.63. The van der Waals surface area contributed by atoms with E-state index in [1.807, 2.05) is 6.07 Å². The first-order valence-electron chi connectivity index (χ1n) is 7.79. The summed E-state index contributed by atoms with van der Waals surface area (Å²) in [5, 5.41) is 4.74. The Morgan fingerprint density at radius 3 is 2.78 bits per heavy atom. The zero-order chi connectivity index (χ0) is 19.6. The Hall–Kier alpha value is -2.52. The number of carbonyl (C=O) groups is 1. The summed E-state index contributed by atoms with van der Waals surface area (Å²) in [6.45, 7) is 1.51. The van der Waals surface area contributed by atoms with E-state index in [-0.39, 0.29) is 12.2 Å². The van der Waals surface area contributed by atoms with Gasteiger partial charge in [0.25, 0.3) is 11.5 Å². The van der Waals surface area contributed by atoms with Crippen molar-refractivity contribution in [2.75, 3.05) is 6.61 Å². The van der Waals surface area contributed by atoms with Crippen molar-refractivity contribution < 1.29 is 9.53 Å². The molecular formula is C18H14Br2N4O3. The van der Waals surface area contributed by atoms with Gasteiger partial charge in [0.1, 0.15) is 11.6 Å². The summed E-state index contributed by atoms with van der Waals surface area (Å²) in [6.07, 6.45) is 1.54. The van der Waals surface area contributed by atoms with Crippen LogP contribution in [0.4, 0.5) is 0 Å². The number of hydrogen-bond acceptors (Lipinski definition) is 5. The van der Waals surface area contributed by atoms with E-state index in [2.05, 4.69) is 41.9 Å². The van der Waals surface area contributed by atoms with Crippen molar-refractivity contribution in [3.63, 3.8) is 0 Å². The van der Waals surface area contributed by atoms with Crippen LogP contribution < -0.4 is 16.0 Å². The second kappa shape index (κ2) is 8.01. The van der Waals surface area contributed by atoms with Crippen molar-refractivity contribution in [3.05, 3.63) is 67.1 Å². The molecule has 2 N–H and O–H groups in total. The molecule has 0 unspecified atom stereocenters. The van der Waals surface area contributed by atoms with Crippen LogP contribution in [0.2, 0.25) is 0 Å². The molecule has 0 aliphatic carbocycles. The van der Waals surface area contributed by atoms with Crippen LogP contribution in [0.1, 0.15) is 11.4 Å². The van der Waals surface area contributed by atoms with Gasteiger partial charge in [0.15, 0.2) is 6.61 Å². The molecule has 3 aromatic rings. The molecule has 3 rings (SSSR count). The number of rotatable bonds is 5. The Bertz CT molecular complexity index is 1130. The lowest BCUT2D eigenvalue weighted by Gasteiger charge is -2.07. The molecule has 7 nitrogen and oxygen atoms in total. The van der Waals surface area contributed by atoms with Crippen LogP contribution in [-0.2, 0) is 4.79 Å². The molecule has 0 fully saturated rings. The number of aryl methyl sites for hydroxylation is 1. The highest BCUT2D eigenvalue weighted by molar-refractivity contribution is 9.10. The first-order chi connectivity index (χ1) is 12.8. The van der Waals surface area contributed by atoms with Crippen LogP contribution in [-0.4, -0.2) is 28.4 Å².